The van der Waals surface area contributed by atoms with E-state index in [0.717, 1.165) is 61.5 Å². The fourth-order valence-corrected chi connectivity index (χ4v) is 2.81. The summed E-state index contributed by atoms with van der Waals surface area (Å²) in [5, 5.41) is 1.65. The summed E-state index contributed by atoms with van der Waals surface area (Å²) in [5.41, 5.74) is 1.93. The fraction of sp³-hybridized carbons (Fsp3) is 0.438. The quantitative estimate of drug-likeness (QED) is 0.816. The molecule has 0 unspecified atom stereocenters. The van der Waals surface area contributed by atoms with Crippen LogP contribution in [-0.4, -0.2) is 43.3 Å². The van der Waals surface area contributed by atoms with E-state index >= 15 is 0 Å². The van der Waals surface area contributed by atoms with Crippen LogP contribution in [0.3, 0.4) is 0 Å². The first-order valence-electron chi connectivity index (χ1n) is 7.19. The molecule has 2 heterocycles. The lowest BCUT2D eigenvalue weighted by Gasteiger charge is -2.19. The number of hydrogen-bond acceptors (Lipinski definition) is 4. The Balaban J connectivity index is 1.86. The molecule has 0 bridgehead atoms. The number of hydrogen-bond donors (Lipinski definition) is 0. The standard InChI is InChI=1S/C16H19ClN2O2/c1-20-14-4-3-12-9-13(16(17)18-15(12)10-14)11-19-5-2-7-21-8-6-19/h3-4,9-10H,2,5-8,11H2,1H3. The molecule has 1 saturated heterocycles. The highest BCUT2D eigenvalue weighted by molar-refractivity contribution is 6.30. The van der Waals surface area contributed by atoms with Crippen LogP contribution in [0, 0.1) is 0 Å². The highest BCUT2D eigenvalue weighted by Gasteiger charge is 2.13. The molecule has 1 aromatic carbocycles. The summed E-state index contributed by atoms with van der Waals surface area (Å²) in [7, 11) is 1.65. The average Bonchev–Trinajstić information content (AvgIpc) is 2.76. The summed E-state index contributed by atoms with van der Waals surface area (Å²) in [6.45, 7) is 4.43. The molecule has 1 aromatic heterocycles. The maximum atomic E-state index is 6.35. The minimum atomic E-state index is 0.570. The molecular weight excluding hydrogens is 288 g/mol. The Morgan fingerprint density at radius 3 is 3.05 bits per heavy atom. The Bertz CT molecular complexity index is 625. The minimum absolute atomic E-state index is 0.570. The van der Waals surface area contributed by atoms with Crippen LogP contribution in [0.4, 0.5) is 0 Å². The number of halogens is 1. The first kappa shape index (κ1) is 14.6. The van der Waals surface area contributed by atoms with Crippen LogP contribution in [0.15, 0.2) is 24.3 Å². The zero-order valence-corrected chi connectivity index (χ0v) is 12.9. The van der Waals surface area contributed by atoms with Crippen LogP contribution >= 0.6 is 11.6 Å². The second-order valence-corrected chi connectivity index (χ2v) is 5.60. The SMILES string of the molecule is COc1ccc2cc(CN3CCCOCC3)c(Cl)nc2c1. The van der Waals surface area contributed by atoms with Gasteiger partial charge in [-0.2, -0.15) is 0 Å². The predicted molar refractivity (Wildman–Crippen MR) is 84.0 cm³/mol. The molecule has 4 nitrogen and oxygen atoms in total. The average molecular weight is 307 g/mol. The number of fused-ring (bicyclic) bond motifs is 1. The topological polar surface area (TPSA) is 34.6 Å². The molecule has 0 saturated carbocycles. The van der Waals surface area contributed by atoms with E-state index in [1.165, 1.54) is 0 Å². The number of ether oxygens (including phenoxy) is 2. The van der Waals surface area contributed by atoms with Crippen molar-refractivity contribution in [1.82, 2.24) is 9.88 Å². The van der Waals surface area contributed by atoms with Crippen LogP contribution < -0.4 is 4.74 Å². The molecule has 0 spiro atoms. The lowest BCUT2D eigenvalue weighted by molar-refractivity contribution is 0.140. The van der Waals surface area contributed by atoms with Crippen molar-refractivity contribution in [2.45, 2.75) is 13.0 Å². The second kappa shape index (κ2) is 6.60. The molecule has 5 heteroatoms. The van der Waals surface area contributed by atoms with Gasteiger partial charge in [0, 0.05) is 43.3 Å². The highest BCUT2D eigenvalue weighted by atomic mass is 35.5. The molecule has 21 heavy (non-hydrogen) atoms. The molecule has 0 radical (unpaired) electrons. The van der Waals surface area contributed by atoms with Gasteiger partial charge in [0.1, 0.15) is 10.9 Å². The third kappa shape index (κ3) is 3.46. The van der Waals surface area contributed by atoms with Gasteiger partial charge in [0.15, 0.2) is 0 Å². The molecule has 112 valence electrons. The van der Waals surface area contributed by atoms with Gasteiger partial charge in [0.25, 0.3) is 0 Å². The van der Waals surface area contributed by atoms with Crippen LogP contribution in [0.5, 0.6) is 5.75 Å². The van der Waals surface area contributed by atoms with Crippen molar-refractivity contribution in [2.75, 3.05) is 33.4 Å². The molecule has 2 aromatic rings. The van der Waals surface area contributed by atoms with Gasteiger partial charge in [-0.3, -0.25) is 4.90 Å². The first-order valence-corrected chi connectivity index (χ1v) is 7.57. The largest absolute Gasteiger partial charge is 0.497 e. The Kier molecular flexibility index (Phi) is 4.58. The van der Waals surface area contributed by atoms with Crippen molar-refractivity contribution in [3.05, 3.63) is 35.0 Å². The maximum Gasteiger partial charge on any atom is 0.134 e. The third-order valence-corrected chi connectivity index (χ3v) is 4.09. The van der Waals surface area contributed by atoms with E-state index in [-0.39, 0.29) is 0 Å². The number of methoxy groups -OCH3 is 1. The lowest BCUT2D eigenvalue weighted by atomic mass is 10.1. The summed E-state index contributed by atoms with van der Waals surface area (Å²) in [4.78, 5) is 6.87. The third-order valence-electron chi connectivity index (χ3n) is 3.76. The Morgan fingerprint density at radius 1 is 1.29 bits per heavy atom. The van der Waals surface area contributed by atoms with E-state index in [2.05, 4.69) is 16.0 Å². The van der Waals surface area contributed by atoms with Gasteiger partial charge >= 0.3 is 0 Å². The number of nitrogens with zero attached hydrogens (tertiary/aromatic N) is 2. The van der Waals surface area contributed by atoms with E-state index in [1.54, 1.807) is 7.11 Å². The molecule has 0 amide bonds. The number of rotatable bonds is 3. The monoisotopic (exact) mass is 306 g/mol. The predicted octanol–water partition coefficient (Wildman–Crippen LogP) is 3.12. The molecule has 0 aliphatic carbocycles. The number of pyridine rings is 1. The second-order valence-electron chi connectivity index (χ2n) is 5.24. The summed E-state index contributed by atoms with van der Waals surface area (Å²) in [6.07, 6.45) is 1.07. The summed E-state index contributed by atoms with van der Waals surface area (Å²) < 4.78 is 10.7. The van der Waals surface area contributed by atoms with Crippen LogP contribution in [-0.2, 0) is 11.3 Å². The summed E-state index contributed by atoms with van der Waals surface area (Å²) >= 11 is 6.35. The van der Waals surface area contributed by atoms with Gasteiger partial charge in [-0.15, -0.1) is 0 Å². The molecule has 3 rings (SSSR count). The molecule has 0 atom stereocenters. The van der Waals surface area contributed by atoms with Crippen molar-refractivity contribution in [3.8, 4) is 5.75 Å². The van der Waals surface area contributed by atoms with Crippen LogP contribution in [0.1, 0.15) is 12.0 Å². The number of benzene rings is 1. The van der Waals surface area contributed by atoms with E-state index in [4.69, 9.17) is 21.1 Å². The Morgan fingerprint density at radius 2 is 2.19 bits per heavy atom. The van der Waals surface area contributed by atoms with E-state index in [9.17, 15) is 0 Å². The fourth-order valence-electron chi connectivity index (χ4n) is 2.60. The van der Waals surface area contributed by atoms with E-state index in [0.29, 0.717) is 5.15 Å². The summed E-state index contributed by atoms with van der Waals surface area (Å²) in [5.74, 6) is 0.795. The van der Waals surface area contributed by atoms with Gasteiger partial charge in [0.2, 0.25) is 0 Å². The summed E-state index contributed by atoms with van der Waals surface area (Å²) in [6, 6.07) is 7.99. The normalized spacial score (nSPS) is 16.9. The smallest absolute Gasteiger partial charge is 0.134 e. The molecule has 1 aliphatic rings. The minimum Gasteiger partial charge on any atom is -0.497 e. The molecule has 0 N–H and O–H groups in total. The van der Waals surface area contributed by atoms with Crippen molar-refractivity contribution in [3.63, 3.8) is 0 Å². The van der Waals surface area contributed by atoms with Crippen LogP contribution in [0.25, 0.3) is 10.9 Å². The van der Waals surface area contributed by atoms with Gasteiger partial charge in [-0.25, -0.2) is 4.98 Å². The van der Waals surface area contributed by atoms with Crippen molar-refractivity contribution >= 4 is 22.5 Å². The van der Waals surface area contributed by atoms with Crippen LogP contribution in [0.2, 0.25) is 5.15 Å². The number of aromatic nitrogens is 1. The zero-order chi connectivity index (χ0) is 14.7. The highest BCUT2D eigenvalue weighted by Crippen LogP contribution is 2.25. The zero-order valence-electron chi connectivity index (χ0n) is 12.1. The molecular formula is C16H19ClN2O2. The maximum absolute atomic E-state index is 6.35. The van der Waals surface area contributed by atoms with E-state index < -0.39 is 0 Å². The van der Waals surface area contributed by atoms with Gasteiger partial charge < -0.3 is 9.47 Å². The Labute approximate surface area is 129 Å². The van der Waals surface area contributed by atoms with Gasteiger partial charge in [-0.05, 0) is 24.6 Å². The lowest BCUT2D eigenvalue weighted by Crippen LogP contribution is -2.26. The first-order chi connectivity index (χ1) is 10.3. The molecule has 1 aliphatic heterocycles. The van der Waals surface area contributed by atoms with Gasteiger partial charge in [0.05, 0.1) is 19.2 Å². The molecule has 1 fully saturated rings. The Hall–Kier alpha value is -1.36. The van der Waals surface area contributed by atoms with Crippen molar-refractivity contribution in [2.24, 2.45) is 0 Å². The van der Waals surface area contributed by atoms with E-state index in [1.807, 2.05) is 18.2 Å². The van der Waals surface area contributed by atoms with Crippen molar-refractivity contribution in [1.29, 1.82) is 0 Å². The van der Waals surface area contributed by atoms with Crippen molar-refractivity contribution < 1.29 is 9.47 Å². The van der Waals surface area contributed by atoms with Gasteiger partial charge in [-0.1, -0.05) is 11.6 Å².